The number of carbonyl (C=O) groups excluding carboxylic acids is 2. The fourth-order valence-electron chi connectivity index (χ4n) is 1.98. The molecular weight excluding hydrogens is 256 g/mol. The average Bonchev–Trinajstić information content (AvgIpc) is 2.38. The summed E-state index contributed by atoms with van der Waals surface area (Å²) in [4.78, 5) is 23.0. The Morgan fingerprint density at radius 3 is 2.25 bits per heavy atom. The summed E-state index contributed by atoms with van der Waals surface area (Å²) in [6.45, 7) is 4.62. The van der Waals surface area contributed by atoms with Gasteiger partial charge >= 0.3 is 5.97 Å². The Kier molecular flexibility index (Phi) is 12.5. The lowest BCUT2D eigenvalue weighted by atomic mass is 10.0. The van der Waals surface area contributed by atoms with Gasteiger partial charge in [-0.15, -0.1) is 0 Å². The standard InChI is InChI=1S/C16H30O4/c1-3-5-7-9-11-20-16(19)13-15(18)12-14(17)10-8-6-4-2/h15,18H,3-13H2,1-2H3. The molecule has 0 saturated carbocycles. The lowest BCUT2D eigenvalue weighted by Gasteiger charge is -2.10. The Balaban J connectivity index is 3.60. The lowest BCUT2D eigenvalue weighted by molar-refractivity contribution is -0.146. The zero-order chi connectivity index (χ0) is 15.2. The van der Waals surface area contributed by atoms with E-state index in [1.165, 1.54) is 0 Å². The monoisotopic (exact) mass is 286 g/mol. The quantitative estimate of drug-likeness (QED) is 0.416. The van der Waals surface area contributed by atoms with Gasteiger partial charge in [0.1, 0.15) is 5.78 Å². The molecule has 4 heteroatoms. The first-order valence-electron chi connectivity index (χ1n) is 7.95. The molecular formula is C16H30O4. The Morgan fingerprint density at radius 1 is 0.950 bits per heavy atom. The van der Waals surface area contributed by atoms with Gasteiger partial charge in [-0.05, 0) is 12.8 Å². The Morgan fingerprint density at radius 2 is 1.60 bits per heavy atom. The van der Waals surface area contributed by atoms with Gasteiger partial charge in [0.25, 0.3) is 0 Å². The Labute approximate surface area is 122 Å². The second kappa shape index (κ2) is 13.1. The molecule has 1 unspecified atom stereocenters. The molecule has 1 N–H and O–H groups in total. The molecule has 0 aromatic carbocycles. The van der Waals surface area contributed by atoms with Crippen LogP contribution in [-0.2, 0) is 14.3 Å². The van der Waals surface area contributed by atoms with Gasteiger partial charge < -0.3 is 9.84 Å². The SMILES string of the molecule is CCCCCCOC(=O)CC(O)CC(=O)CCCCC. The summed E-state index contributed by atoms with van der Waals surface area (Å²) >= 11 is 0. The van der Waals surface area contributed by atoms with E-state index in [4.69, 9.17) is 4.74 Å². The highest BCUT2D eigenvalue weighted by Crippen LogP contribution is 2.07. The minimum Gasteiger partial charge on any atom is -0.466 e. The highest BCUT2D eigenvalue weighted by molar-refractivity contribution is 5.79. The van der Waals surface area contributed by atoms with Gasteiger partial charge in [-0.2, -0.15) is 0 Å². The van der Waals surface area contributed by atoms with Crippen LogP contribution in [0.4, 0.5) is 0 Å². The van der Waals surface area contributed by atoms with Crippen LogP contribution in [0.25, 0.3) is 0 Å². The number of hydrogen-bond acceptors (Lipinski definition) is 4. The predicted octanol–water partition coefficient (Wildman–Crippen LogP) is 3.40. The second-order valence-corrected chi connectivity index (χ2v) is 5.34. The third kappa shape index (κ3) is 12.2. The molecule has 1 atom stereocenters. The van der Waals surface area contributed by atoms with Crippen LogP contribution in [0, 0.1) is 0 Å². The van der Waals surface area contributed by atoms with Crippen LogP contribution >= 0.6 is 0 Å². The van der Waals surface area contributed by atoms with Crippen LogP contribution < -0.4 is 0 Å². The van der Waals surface area contributed by atoms with Gasteiger partial charge in [-0.1, -0.05) is 46.0 Å². The number of esters is 1. The van der Waals surface area contributed by atoms with Crippen LogP contribution in [-0.4, -0.2) is 29.6 Å². The molecule has 0 aliphatic carbocycles. The number of carbonyl (C=O) groups is 2. The van der Waals surface area contributed by atoms with Gasteiger partial charge in [0.2, 0.25) is 0 Å². The van der Waals surface area contributed by atoms with Crippen LogP contribution in [0.1, 0.15) is 78.1 Å². The number of ketones is 1. The van der Waals surface area contributed by atoms with Crippen LogP contribution in [0.15, 0.2) is 0 Å². The van der Waals surface area contributed by atoms with Crippen molar-refractivity contribution in [1.29, 1.82) is 0 Å². The summed E-state index contributed by atoms with van der Waals surface area (Å²) in [5, 5.41) is 9.67. The zero-order valence-corrected chi connectivity index (χ0v) is 13.0. The van der Waals surface area contributed by atoms with Crippen molar-refractivity contribution in [3.8, 4) is 0 Å². The molecule has 0 bridgehead atoms. The van der Waals surface area contributed by atoms with E-state index in [9.17, 15) is 14.7 Å². The van der Waals surface area contributed by atoms with E-state index in [1.54, 1.807) is 0 Å². The number of unbranched alkanes of at least 4 members (excludes halogenated alkanes) is 5. The number of rotatable bonds is 13. The molecule has 0 heterocycles. The zero-order valence-electron chi connectivity index (χ0n) is 13.0. The highest BCUT2D eigenvalue weighted by Gasteiger charge is 2.15. The molecule has 0 rings (SSSR count). The molecule has 20 heavy (non-hydrogen) atoms. The van der Waals surface area contributed by atoms with Gasteiger partial charge in [0, 0.05) is 12.8 Å². The van der Waals surface area contributed by atoms with E-state index in [-0.39, 0.29) is 18.6 Å². The van der Waals surface area contributed by atoms with Crippen molar-refractivity contribution in [3.63, 3.8) is 0 Å². The summed E-state index contributed by atoms with van der Waals surface area (Å²) in [7, 11) is 0. The first kappa shape index (κ1) is 19.1. The van der Waals surface area contributed by atoms with Gasteiger partial charge in [0.05, 0.1) is 19.1 Å². The fraction of sp³-hybridized carbons (Fsp3) is 0.875. The van der Waals surface area contributed by atoms with Crippen molar-refractivity contribution in [3.05, 3.63) is 0 Å². The Bertz CT molecular complexity index is 263. The van der Waals surface area contributed by atoms with E-state index >= 15 is 0 Å². The first-order chi connectivity index (χ1) is 9.60. The average molecular weight is 286 g/mol. The molecule has 0 spiro atoms. The lowest BCUT2D eigenvalue weighted by Crippen LogP contribution is -2.19. The van der Waals surface area contributed by atoms with Crippen molar-refractivity contribution < 1.29 is 19.4 Å². The molecule has 0 aliphatic heterocycles. The second-order valence-electron chi connectivity index (χ2n) is 5.34. The predicted molar refractivity (Wildman–Crippen MR) is 79.5 cm³/mol. The van der Waals surface area contributed by atoms with E-state index in [1.807, 2.05) is 0 Å². The van der Waals surface area contributed by atoms with E-state index in [0.29, 0.717) is 13.0 Å². The molecule has 0 fully saturated rings. The number of ether oxygens (including phenoxy) is 1. The van der Waals surface area contributed by atoms with Gasteiger partial charge in [-0.25, -0.2) is 0 Å². The first-order valence-corrected chi connectivity index (χ1v) is 7.95. The fourth-order valence-corrected chi connectivity index (χ4v) is 1.98. The smallest absolute Gasteiger partial charge is 0.308 e. The summed E-state index contributed by atoms with van der Waals surface area (Å²) in [5.41, 5.74) is 0. The summed E-state index contributed by atoms with van der Waals surface area (Å²) < 4.78 is 5.03. The molecule has 0 amide bonds. The third-order valence-corrected chi connectivity index (χ3v) is 3.19. The van der Waals surface area contributed by atoms with Crippen LogP contribution in [0.5, 0.6) is 0 Å². The van der Waals surface area contributed by atoms with Crippen LogP contribution in [0.2, 0.25) is 0 Å². The minimum atomic E-state index is -0.896. The third-order valence-electron chi connectivity index (χ3n) is 3.19. The van der Waals surface area contributed by atoms with E-state index < -0.39 is 12.1 Å². The normalized spacial score (nSPS) is 12.2. The maximum absolute atomic E-state index is 11.5. The minimum absolute atomic E-state index is 0.0293. The van der Waals surface area contributed by atoms with Gasteiger partial charge in [-0.3, -0.25) is 9.59 Å². The number of aliphatic hydroxyl groups excluding tert-OH is 1. The van der Waals surface area contributed by atoms with Crippen molar-refractivity contribution >= 4 is 11.8 Å². The summed E-state index contributed by atoms with van der Waals surface area (Å²) in [6, 6.07) is 0. The van der Waals surface area contributed by atoms with E-state index in [0.717, 1.165) is 44.9 Å². The maximum atomic E-state index is 11.5. The molecule has 0 aromatic heterocycles. The number of hydrogen-bond donors (Lipinski definition) is 1. The molecule has 0 saturated heterocycles. The summed E-state index contributed by atoms with van der Waals surface area (Å²) in [5.74, 6) is -0.378. The van der Waals surface area contributed by atoms with Crippen LogP contribution in [0.3, 0.4) is 0 Å². The maximum Gasteiger partial charge on any atom is 0.308 e. The van der Waals surface area contributed by atoms with Crippen molar-refractivity contribution in [2.75, 3.05) is 6.61 Å². The van der Waals surface area contributed by atoms with Crippen molar-refractivity contribution in [1.82, 2.24) is 0 Å². The van der Waals surface area contributed by atoms with Crippen molar-refractivity contribution in [2.24, 2.45) is 0 Å². The number of Topliss-reactive ketones (excluding diaryl/α,β-unsaturated/α-hetero) is 1. The largest absolute Gasteiger partial charge is 0.466 e. The molecule has 4 nitrogen and oxygen atoms in total. The summed E-state index contributed by atoms with van der Waals surface area (Å²) in [6.07, 6.45) is 6.77. The molecule has 0 aromatic rings. The number of aliphatic hydroxyl groups is 1. The molecule has 0 aliphatic rings. The topological polar surface area (TPSA) is 63.6 Å². The molecule has 118 valence electrons. The highest BCUT2D eigenvalue weighted by atomic mass is 16.5. The molecule has 0 radical (unpaired) electrons. The van der Waals surface area contributed by atoms with E-state index in [2.05, 4.69) is 13.8 Å². The Hall–Kier alpha value is -0.900. The van der Waals surface area contributed by atoms with Gasteiger partial charge in [0.15, 0.2) is 0 Å². The van der Waals surface area contributed by atoms with Crippen molar-refractivity contribution in [2.45, 2.75) is 84.2 Å².